The summed E-state index contributed by atoms with van der Waals surface area (Å²) in [6.45, 7) is 8.02. The van der Waals surface area contributed by atoms with Crippen LogP contribution in [0.3, 0.4) is 0 Å². The Morgan fingerprint density at radius 3 is 2.81 bits per heavy atom. The Kier molecular flexibility index (Phi) is 3.43. The number of piperidine rings is 3. The lowest BCUT2D eigenvalue weighted by Gasteiger charge is -2.45. The van der Waals surface area contributed by atoms with E-state index in [0.29, 0.717) is 6.04 Å². The molecule has 1 aromatic heterocycles. The molecule has 4 nitrogen and oxygen atoms in total. The molecule has 21 heavy (non-hydrogen) atoms. The molecule has 0 spiro atoms. The fourth-order valence-electron chi connectivity index (χ4n) is 4.04. The molecule has 0 unspecified atom stereocenters. The Labute approximate surface area is 126 Å². The summed E-state index contributed by atoms with van der Waals surface area (Å²) < 4.78 is 2.34. The number of nitrogens with zero attached hydrogens (tertiary/aromatic N) is 3. The van der Waals surface area contributed by atoms with E-state index in [1.807, 2.05) is 0 Å². The van der Waals surface area contributed by atoms with Crippen molar-refractivity contribution in [3.05, 3.63) is 30.1 Å². The minimum Gasteiger partial charge on any atom is -0.327 e. The van der Waals surface area contributed by atoms with Gasteiger partial charge in [-0.1, -0.05) is 12.1 Å². The molecule has 1 aromatic carbocycles. The zero-order valence-electron chi connectivity index (χ0n) is 12.8. The van der Waals surface area contributed by atoms with E-state index in [1.165, 1.54) is 38.0 Å². The molecule has 5 rings (SSSR count). The predicted molar refractivity (Wildman–Crippen MR) is 85.4 cm³/mol. The quantitative estimate of drug-likeness (QED) is 0.932. The first kappa shape index (κ1) is 13.3. The highest BCUT2D eigenvalue weighted by atomic mass is 15.2. The number of nitrogens with one attached hydrogen (secondary N) is 1. The second-order valence-electron chi connectivity index (χ2n) is 6.50. The van der Waals surface area contributed by atoms with Gasteiger partial charge in [0.2, 0.25) is 0 Å². The maximum Gasteiger partial charge on any atom is 0.106 e. The minimum absolute atomic E-state index is 0.697. The van der Waals surface area contributed by atoms with Crippen molar-refractivity contribution in [3.63, 3.8) is 0 Å². The van der Waals surface area contributed by atoms with Crippen LogP contribution in [0.2, 0.25) is 0 Å². The van der Waals surface area contributed by atoms with Crippen LogP contribution in [0.1, 0.15) is 18.7 Å². The Hall–Kier alpha value is -1.39. The second kappa shape index (κ2) is 5.43. The first-order valence-corrected chi connectivity index (χ1v) is 8.19. The Bertz CT molecular complexity index is 625. The molecule has 0 aliphatic carbocycles. The average molecular weight is 284 g/mol. The van der Waals surface area contributed by atoms with Gasteiger partial charge in [0.1, 0.15) is 5.82 Å². The number of benzene rings is 1. The van der Waals surface area contributed by atoms with Crippen LogP contribution in [-0.2, 0) is 6.54 Å². The van der Waals surface area contributed by atoms with E-state index in [2.05, 4.69) is 51.0 Å². The van der Waals surface area contributed by atoms with Crippen LogP contribution in [0, 0.1) is 12.8 Å². The molecule has 3 saturated heterocycles. The highest BCUT2D eigenvalue weighted by molar-refractivity contribution is 5.75. The molecular formula is C17H24N4. The third kappa shape index (κ3) is 2.47. The van der Waals surface area contributed by atoms with Crippen LogP contribution in [0.5, 0.6) is 0 Å². The highest BCUT2D eigenvalue weighted by Gasteiger charge is 2.33. The van der Waals surface area contributed by atoms with Crippen molar-refractivity contribution >= 4 is 11.0 Å². The van der Waals surface area contributed by atoms with Crippen molar-refractivity contribution in [2.75, 3.05) is 26.2 Å². The molecule has 2 aromatic rings. The van der Waals surface area contributed by atoms with Crippen molar-refractivity contribution in [2.45, 2.75) is 32.4 Å². The van der Waals surface area contributed by atoms with Crippen LogP contribution in [0.4, 0.5) is 0 Å². The van der Waals surface area contributed by atoms with Crippen molar-refractivity contribution in [3.8, 4) is 0 Å². The van der Waals surface area contributed by atoms with E-state index in [1.54, 1.807) is 0 Å². The summed E-state index contributed by atoms with van der Waals surface area (Å²) >= 11 is 0. The number of aryl methyl sites for hydroxylation is 1. The van der Waals surface area contributed by atoms with Gasteiger partial charge in [-0.3, -0.25) is 0 Å². The molecule has 0 amide bonds. The fourth-order valence-corrected chi connectivity index (χ4v) is 4.04. The number of para-hydroxylation sites is 2. The smallest absolute Gasteiger partial charge is 0.106 e. The fraction of sp³-hybridized carbons (Fsp3) is 0.588. The molecule has 4 heterocycles. The van der Waals surface area contributed by atoms with E-state index >= 15 is 0 Å². The zero-order chi connectivity index (χ0) is 14.2. The molecule has 3 aliphatic rings. The van der Waals surface area contributed by atoms with Gasteiger partial charge in [-0.05, 0) is 50.9 Å². The number of imidazole rings is 1. The van der Waals surface area contributed by atoms with E-state index in [9.17, 15) is 0 Å². The van der Waals surface area contributed by atoms with E-state index in [4.69, 9.17) is 0 Å². The molecule has 3 aliphatic heterocycles. The summed E-state index contributed by atoms with van der Waals surface area (Å²) in [7, 11) is 0. The van der Waals surface area contributed by atoms with Crippen molar-refractivity contribution in [1.29, 1.82) is 0 Å². The minimum atomic E-state index is 0.697. The van der Waals surface area contributed by atoms with Crippen molar-refractivity contribution in [2.24, 2.45) is 5.92 Å². The Morgan fingerprint density at radius 2 is 2.05 bits per heavy atom. The third-order valence-corrected chi connectivity index (χ3v) is 5.24. The van der Waals surface area contributed by atoms with E-state index in [0.717, 1.165) is 30.3 Å². The molecule has 1 atom stereocenters. The second-order valence-corrected chi connectivity index (χ2v) is 6.50. The van der Waals surface area contributed by atoms with Crippen LogP contribution >= 0.6 is 0 Å². The monoisotopic (exact) mass is 284 g/mol. The van der Waals surface area contributed by atoms with Gasteiger partial charge in [-0.25, -0.2) is 4.98 Å². The first-order valence-electron chi connectivity index (χ1n) is 8.19. The van der Waals surface area contributed by atoms with Crippen LogP contribution in [-0.4, -0.2) is 46.7 Å². The number of fused-ring (bicyclic) bond motifs is 4. The van der Waals surface area contributed by atoms with Gasteiger partial charge in [-0.15, -0.1) is 0 Å². The number of aromatic nitrogens is 2. The van der Waals surface area contributed by atoms with Gasteiger partial charge >= 0.3 is 0 Å². The average Bonchev–Trinajstić information content (AvgIpc) is 2.85. The van der Waals surface area contributed by atoms with Gasteiger partial charge in [-0.2, -0.15) is 0 Å². The topological polar surface area (TPSA) is 33.1 Å². The lowest BCUT2D eigenvalue weighted by atomic mass is 9.84. The van der Waals surface area contributed by atoms with E-state index < -0.39 is 0 Å². The summed E-state index contributed by atoms with van der Waals surface area (Å²) in [6, 6.07) is 9.12. The van der Waals surface area contributed by atoms with Gasteiger partial charge in [0.15, 0.2) is 0 Å². The molecule has 1 N–H and O–H groups in total. The molecule has 2 bridgehead atoms. The number of hydrogen-bond acceptors (Lipinski definition) is 3. The Morgan fingerprint density at radius 1 is 1.24 bits per heavy atom. The standard InChI is InChI=1S/C17H24N4/c1-13-19-15-4-2-3-5-17(15)21(13)11-8-18-16-12-20-9-6-14(16)7-10-20/h2-5,14,16,18H,6-12H2,1H3/t16-/m0/s1. The molecule has 0 saturated carbocycles. The number of rotatable bonds is 4. The molecular weight excluding hydrogens is 260 g/mol. The molecule has 3 fully saturated rings. The lowest BCUT2D eigenvalue weighted by molar-refractivity contribution is 0.0725. The lowest BCUT2D eigenvalue weighted by Crippen LogP contribution is -2.56. The normalized spacial score (nSPS) is 28.3. The van der Waals surface area contributed by atoms with Crippen LogP contribution < -0.4 is 5.32 Å². The summed E-state index contributed by atoms with van der Waals surface area (Å²) in [6.07, 6.45) is 2.76. The summed E-state index contributed by atoms with van der Waals surface area (Å²) in [4.78, 5) is 7.25. The highest BCUT2D eigenvalue weighted by Crippen LogP contribution is 2.27. The van der Waals surface area contributed by atoms with Crippen LogP contribution in [0.15, 0.2) is 24.3 Å². The van der Waals surface area contributed by atoms with Gasteiger partial charge in [0.25, 0.3) is 0 Å². The predicted octanol–water partition coefficient (Wildman–Crippen LogP) is 2.03. The van der Waals surface area contributed by atoms with Crippen molar-refractivity contribution in [1.82, 2.24) is 19.8 Å². The molecule has 4 heteroatoms. The summed E-state index contributed by atoms with van der Waals surface area (Å²) in [5.74, 6) is 2.02. The maximum atomic E-state index is 4.64. The van der Waals surface area contributed by atoms with Gasteiger partial charge < -0.3 is 14.8 Å². The third-order valence-electron chi connectivity index (χ3n) is 5.24. The molecule has 112 valence electrons. The van der Waals surface area contributed by atoms with Gasteiger partial charge in [0, 0.05) is 25.7 Å². The summed E-state index contributed by atoms with van der Waals surface area (Å²) in [5, 5.41) is 3.79. The zero-order valence-corrected chi connectivity index (χ0v) is 12.8. The maximum absolute atomic E-state index is 4.64. The first-order chi connectivity index (χ1) is 10.3. The largest absolute Gasteiger partial charge is 0.327 e. The number of hydrogen-bond donors (Lipinski definition) is 1. The van der Waals surface area contributed by atoms with Crippen LogP contribution in [0.25, 0.3) is 11.0 Å². The molecule has 0 radical (unpaired) electrons. The van der Waals surface area contributed by atoms with E-state index in [-0.39, 0.29) is 0 Å². The SMILES string of the molecule is Cc1nc2ccccc2n1CCN[C@H]1CN2CCC1CC2. The van der Waals surface area contributed by atoms with Gasteiger partial charge in [0.05, 0.1) is 11.0 Å². The Balaban J connectivity index is 1.41. The van der Waals surface area contributed by atoms with Crippen molar-refractivity contribution < 1.29 is 0 Å². The summed E-state index contributed by atoms with van der Waals surface area (Å²) in [5.41, 5.74) is 2.36.